The Bertz CT molecular complexity index is 624. The first-order chi connectivity index (χ1) is 9.71. The first-order valence-corrected chi connectivity index (χ1v) is 7.12. The number of hydrogen-bond acceptors (Lipinski definition) is 2. The van der Waals surface area contributed by atoms with E-state index in [1.54, 1.807) is 0 Å². The van der Waals surface area contributed by atoms with Gasteiger partial charge in [0.05, 0.1) is 5.41 Å². The van der Waals surface area contributed by atoms with E-state index in [0.717, 1.165) is 24.9 Å². The highest BCUT2D eigenvalue weighted by Crippen LogP contribution is 2.33. The maximum Gasteiger partial charge on any atom is 0.311 e. The summed E-state index contributed by atoms with van der Waals surface area (Å²) in [6.45, 7) is 1.48. The maximum absolute atomic E-state index is 11.8. The molecule has 0 amide bonds. The zero-order valence-corrected chi connectivity index (χ0v) is 11.4. The number of aliphatic carboxylic acids is 1. The molecule has 1 heterocycles. The number of benzene rings is 2. The summed E-state index contributed by atoms with van der Waals surface area (Å²) in [4.78, 5) is 11.8. The number of carboxylic acid groups (broad SMARTS) is 1. The number of piperidine rings is 1. The van der Waals surface area contributed by atoms with Crippen LogP contribution in [0.25, 0.3) is 10.8 Å². The molecule has 0 bridgehead atoms. The first kappa shape index (κ1) is 13.1. The van der Waals surface area contributed by atoms with Crippen LogP contribution in [-0.2, 0) is 11.2 Å². The summed E-state index contributed by atoms with van der Waals surface area (Å²) in [5.74, 6) is -0.683. The zero-order valence-electron chi connectivity index (χ0n) is 11.4. The van der Waals surface area contributed by atoms with E-state index in [-0.39, 0.29) is 0 Å². The van der Waals surface area contributed by atoms with Gasteiger partial charge in [-0.1, -0.05) is 42.5 Å². The second kappa shape index (κ2) is 5.25. The Morgan fingerprint density at radius 1 is 1.20 bits per heavy atom. The number of carbonyl (C=O) groups is 1. The molecule has 2 N–H and O–H groups in total. The topological polar surface area (TPSA) is 49.3 Å². The van der Waals surface area contributed by atoms with Gasteiger partial charge in [0.1, 0.15) is 0 Å². The quantitative estimate of drug-likeness (QED) is 0.900. The predicted octanol–water partition coefficient (Wildman–Crippen LogP) is 2.84. The second-order valence-electron chi connectivity index (χ2n) is 5.68. The molecular formula is C17H19NO2. The molecule has 20 heavy (non-hydrogen) atoms. The minimum Gasteiger partial charge on any atom is -0.481 e. The van der Waals surface area contributed by atoms with Gasteiger partial charge in [0.15, 0.2) is 0 Å². The van der Waals surface area contributed by atoms with Crippen molar-refractivity contribution in [3.05, 3.63) is 48.0 Å². The molecule has 3 nitrogen and oxygen atoms in total. The van der Waals surface area contributed by atoms with Gasteiger partial charge in [0.2, 0.25) is 0 Å². The molecule has 1 aliphatic heterocycles. The lowest BCUT2D eigenvalue weighted by Crippen LogP contribution is -2.47. The standard InChI is InChI=1S/C17H19NO2/c19-16(20)17(9-4-10-18-12-17)11-14-7-3-6-13-5-1-2-8-15(13)14/h1-3,5-8,18H,4,9-12H2,(H,19,20). The van der Waals surface area contributed by atoms with E-state index >= 15 is 0 Å². The number of fused-ring (bicyclic) bond motifs is 1. The molecule has 2 aromatic rings. The fraction of sp³-hybridized carbons (Fsp3) is 0.353. The molecule has 0 saturated carbocycles. The Morgan fingerprint density at radius 2 is 2.00 bits per heavy atom. The SMILES string of the molecule is O=C(O)C1(Cc2cccc3ccccc23)CCCNC1. The lowest BCUT2D eigenvalue weighted by molar-refractivity contribution is -0.150. The molecule has 0 aromatic heterocycles. The van der Waals surface area contributed by atoms with Crippen molar-refractivity contribution in [1.29, 1.82) is 0 Å². The van der Waals surface area contributed by atoms with Crippen molar-refractivity contribution in [2.24, 2.45) is 5.41 Å². The van der Waals surface area contributed by atoms with Crippen LogP contribution in [0.15, 0.2) is 42.5 Å². The highest BCUT2D eigenvalue weighted by molar-refractivity contribution is 5.86. The van der Waals surface area contributed by atoms with E-state index in [1.807, 2.05) is 18.2 Å². The fourth-order valence-corrected chi connectivity index (χ4v) is 3.19. The summed E-state index contributed by atoms with van der Waals surface area (Å²) in [6, 6.07) is 14.3. The van der Waals surface area contributed by atoms with Crippen molar-refractivity contribution in [1.82, 2.24) is 5.32 Å². The largest absolute Gasteiger partial charge is 0.481 e. The molecule has 1 saturated heterocycles. The summed E-state index contributed by atoms with van der Waals surface area (Å²) in [5, 5.41) is 15.3. The average molecular weight is 269 g/mol. The Balaban J connectivity index is 2.00. The van der Waals surface area contributed by atoms with Gasteiger partial charge >= 0.3 is 5.97 Å². The highest BCUT2D eigenvalue weighted by Gasteiger charge is 2.39. The molecule has 104 valence electrons. The highest BCUT2D eigenvalue weighted by atomic mass is 16.4. The summed E-state index contributed by atoms with van der Waals surface area (Å²) in [5.41, 5.74) is 0.469. The Morgan fingerprint density at radius 3 is 2.75 bits per heavy atom. The number of carboxylic acids is 1. The van der Waals surface area contributed by atoms with Gasteiger partial charge in [-0.05, 0) is 42.1 Å². The van der Waals surface area contributed by atoms with E-state index < -0.39 is 11.4 Å². The molecule has 3 rings (SSSR count). The van der Waals surface area contributed by atoms with Crippen molar-refractivity contribution < 1.29 is 9.90 Å². The summed E-state index contributed by atoms with van der Waals surface area (Å²) in [6.07, 6.45) is 2.27. The van der Waals surface area contributed by atoms with Gasteiger partial charge in [-0.15, -0.1) is 0 Å². The van der Waals surface area contributed by atoms with E-state index in [9.17, 15) is 9.90 Å². The molecule has 0 spiro atoms. The van der Waals surface area contributed by atoms with E-state index in [0.29, 0.717) is 13.0 Å². The van der Waals surface area contributed by atoms with Gasteiger partial charge in [-0.3, -0.25) is 4.79 Å². The molecular weight excluding hydrogens is 250 g/mol. The number of hydrogen-bond donors (Lipinski definition) is 2. The minimum atomic E-state index is -0.683. The van der Waals surface area contributed by atoms with Crippen LogP contribution in [0.4, 0.5) is 0 Å². The van der Waals surface area contributed by atoms with Gasteiger partial charge < -0.3 is 10.4 Å². The van der Waals surface area contributed by atoms with Crippen molar-refractivity contribution in [3.8, 4) is 0 Å². The summed E-state index contributed by atoms with van der Waals surface area (Å²) < 4.78 is 0. The monoisotopic (exact) mass is 269 g/mol. The molecule has 1 fully saturated rings. The molecule has 3 heteroatoms. The van der Waals surface area contributed by atoms with E-state index in [4.69, 9.17) is 0 Å². The zero-order chi connectivity index (χ0) is 14.0. The normalized spacial score (nSPS) is 22.8. The smallest absolute Gasteiger partial charge is 0.311 e. The Labute approximate surface area is 118 Å². The summed E-state index contributed by atoms with van der Waals surface area (Å²) >= 11 is 0. The number of rotatable bonds is 3. The van der Waals surface area contributed by atoms with Gasteiger partial charge in [0, 0.05) is 6.54 Å². The molecule has 1 aliphatic rings. The summed E-state index contributed by atoms with van der Waals surface area (Å²) in [7, 11) is 0. The Kier molecular flexibility index (Phi) is 3.45. The van der Waals surface area contributed by atoms with Crippen LogP contribution in [0.1, 0.15) is 18.4 Å². The van der Waals surface area contributed by atoms with Crippen LogP contribution >= 0.6 is 0 Å². The third-order valence-electron chi connectivity index (χ3n) is 4.33. The van der Waals surface area contributed by atoms with E-state index in [1.165, 1.54) is 10.8 Å². The van der Waals surface area contributed by atoms with E-state index in [2.05, 4.69) is 29.6 Å². The van der Waals surface area contributed by atoms with Gasteiger partial charge in [-0.25, -0.2) is 0 Å². The third kappa shape index (κ3) is 2.29. The van der Waals surface area contributed by atoms with Crippen LogP contribution in [0, 0.1) is 5.41 Å². The third-order valence-corrected chi connectivity index (χ3v) is 4.33. The van der Waals surface area contributed by atoms with Crippen LogP contribution in [0.2, 0.25) is 0 Å². The van der Waals surface area contributed by atoms with Crippen molar-refractivity contribution in [2.45, 2.75) is 19.3 Å². The molecule has 1 unspecified atom stereocenters. The molecule has 2 aromatic carbocycles. The maximum atomic E-state index is 11.8. The second-order valence-corrected chi connectivity index (χ2v) is 5.68. The Hall–Kier alpha value is -1.87. The number of nitrogens with one attached hydrogen (secondary N) is 1. The average Bonchev–Trinajstić information content (AvgIpc) is 2.48. The molecule has 0 aliphatic carbocycles. The van der Waals surface area contributed by atoms with Crippen molar-refractivity contribution in [3.63, 3.8) is 0 Å². The van der Waals surface area contributed by atoms with Crippen molar-refractivity contribution >= 4 is 16.7 Å². The van der Waals surface area contributed by atoms with Crippen LogP contribution in [0.5, 0.6) is 0 Å². The lowest BCUT2D eigenvalue weighted by Gasteiger charge is -2.34. The van der Waals surface area contributed by atoms with Crippen molar-refractivity contribution in [2.75, 3.05) is 13.1 Å². The fourth-order valence-electron chi connectivity index (χ4n) is 3.19. The van der Waals surface area contributed by atoms with Gasteiger partial charge in [-0.2, -0.15) is 0 Å². The lowest BCUT2D eigenvalue weighted by atomic mass is 9.75. The molecule has 0 radical (unpaired) electrons. The van der Waals surface area contributed by atoms with Crippen LogP contribution < -0.4 is 5.32 Å². The van der Waals surface area contributed by atoms with Crippen LogP contribution in [-0.4, -0.2) is 24.2 Å². The van der Waals surface area contributed by atoms with Crippen LogP contribution in [0.3, 0.4) is 0 Å². The minimum absolute atomic E-state index is 0.561. The predicted molar refractivity (Wildman–Crippen MR) is 79.8 cm³/mol. The van der Waals surface area contributed by atoms with Gasteiger partial charge in [0.25, 0.3) is 0 Å². The first-order valence-electron chi connectivity index (χ1n) is 7.12. The molecule has 1 atom stereocenters.